The molecule has 0 saturated heterocycles. The van der Waals surface area contributed by atoms with E-state index in [0.717, 1.165) is 0 Å². The van der Waals surface area contributed by atoms with Gasteiger partial charge in [-0.2, -0.15) is 0 Å². The first-order valence-electron chi connectivity index (χ1n) is 5.44. The highest BCUT2D eigenvalue weighted by atomic mass is 32.2. The summed E-state index contributed by atoms with van der Waals surface area (Å²) in [6.45, 7) is 3.37. The molecule has 17 heavy (non-hydrogen) atoms. The van der Waals surface area contributed by atoms with Gasteiger partial charge in [0, 0.05) is 0 Å². The van der Waals surface area contributed by atoms with Gasteiger partial charge in [-0.25, -0.2) is 8.42 Å². The van der Waals surface area contributed by atoms with Crippen molar-refractivity contribution in [1.29, 1.82) is 0 Å². The normalized spacial score (nSPS) is 13.3. The monoisotopic (exact) mass is 256 g/mol. The molecule has 0 amide bonds. The van der Waals surface area contributed by atoms with E-state index in [1.807, 2.05) is 0 Å². The fraction of sp³-hybridized carbons (Fsp3) is 0.417. The standard InChI is InChI=1S/C12H16O4S/c1-3-8-17(15,16)11-6-4-10(5-7-11)9(2)12(13)14/h4-7,9H,3,8H2,1-2H3,(H,13,14). The van der Waals surface area contributed by atoms with Crippen molar-refractivity contribution in [2.24, 2.45) is 0 Å². The number of hydrogen-bond donors (Lipinski definition) is 1. The first-order valence-corrected chi connectivity index (χ1v) is 7.09. The predicted molar refractivity (Wildman–Crippen MR) is 64.8 cm³/mol. The number of rotatable bonds is 5. The minimum atomic E-state index is -3.22. The summed E-state index contributed by atoms with van der Waals surface area (Å²) in [6.07, 6.45) is 0.565. The van der Waals surface area contributed by atoms with Crippen molar-refractivity contribution in [3.63, 3.8) is 0 Å². The largest absolute Gasteiger partial charge is 0.481 e. The van der Waals surface area contributed by atoms with Crippen LogP contribution >= 0.6 is 0 Å². The van der Waals surface area contributed by atoms with E-state index in [0.29, 0.717) is 12.0 Å². The third kappa shape index (κ3) is 3.30. The molecule has 5 heteroatoms. The fourth-order valence-corrected chi connectivity index (χ4v) is 2.82. The molecular formula is C12H16O4S. The molecule has 1 unspecified atom stereocenters. The molecule has 1 rings (SSSR count). The molecule has 4 nitrogen and oxygen atoms in total. The average molecular weight is 256 g/mol. The second kappa shape index (κ2) is 5.31. The maximum atomic E-state index is 11.7. The van der Waals surface area contributed by atoms with Crippen molar-refractivity contribution >= 4 is 15.8 Å². The number of benzene rings is 1. The molecule has 0 heterocycles. The highest BCUT2D eigenvalue weighted by Crippen LogP contribution is 2.19. The van der Waals surface area contributed by atoms with Crippen LogP contribution in [0, 0.1) is 0 Å². The fourth-order valence-electron chi connectivity index (χ4n) is 1.49. The molecule has 0 aliphatic rings. The zero-order valence-electron chi connectivity index (χ0n) is 9.88. The Kier molecular flexibility index (Phi) is 4.28. The van der Waals surface area contributed by atoms with Crippen LogP contribution in [0.1, 0.15) is 31.7 Å². The van der Waals surface area contributed by atoms with Gasteiger partial charge in [-0.15, -0.1) is 0 Å². The van der Waals surface area contributed by atoms with E-state index in [2.05, 4.69) is 0 Å². The Morgan fingerprint density at radius 2 is 1.82 bits per heavy atom. The van der Waals surface area contributed by atoms with Crippen molar-refractivity contribution in [2.45, 2.75) is 31.1 Å². The number of aliphatic carboxylic acids is 1. The Balaban J connectivity index is 3.00. The lowest BCUT2D eigenvalue weighted by Gasteiger charge is -2.08. The van der Waals surface area contributed by atoms with E-state index >= 15 is 0 Å². The molecule has 1 aromatic rings. The smallest absolute Gasteiger partial charge is 0.310 e. The zero-order chi connectivity index (χ0) is 13.1. The highest BCUT2D eigenvalue weighted by Gasteiger charge is 2.16. The molecule has 0 bridgehead atoms. The molecule has 0 aliphatic heterocycles. The van der Waals surface area contributed by atoms with E-state index < -0.39 is 21.7 Å². The van der Waals surface area contributed by atoms with Crippen molar-refractivity contribution < 1.29 is 18.3 Å². The first kappa shape index (κ1) is 13.7. The van der Waals surface area contributed by atoms with Crippen LogP contribution in [0.2, 0.25) is 0 Å². The summed E-state index contributed by atoms with van der Waals surface area (Å²) < 4.78 is 23.5. The van der Waals surface area contributed by atoms with Gasteiger partial charge in [-0.05, 0) is 31.0 Å². The third-order valence-electron chi connectivity index (χ3n) is 2.58. The molecule has 1 N–H and O–H groups in total. The van der Waals surface area contributed by atoms with Gasteiger partial charge in [0.1, 0.15) is 0 Å². The summed E-state index contributed by atoms with van der Waals surface area (Å²) in [6, 6.07) is 6.06. The summed E-state index contributed by atoms with van der Waals surface area (Å²) >= 11 is 0. The van der Waals surface area contributed by atoms with Gasteiger partial charge in [0.25, 0.3) is 0 Å². The molecule has 1 atom stereocenters. The van der Waals surface area contributed by atoms with Gasteiger partial charge < -0.3 is 5.11 Å². The van der Waals surface area contributed by atoms with Crippen molar-refractivity contribution in [1.82, 2.24) is 0 Å². The second-order valence-electron chi connectivity index (χ2n) is 3.95. The highest BCUT2D eigenvalue weighted by molar-refractivity contribution is 7.91. The van der Waals surface area contributed by atoms with Gasteiger partial charge in [0.2, 0.25) is 0 Å². The van der Waals surface area contributed by atoms with Crippen LogP contribution in [0.5, 0.6) is 0 Å². The summed E-state index contributed by atoms with van der Waals surface area (Å²) in [4.78, 5) is 11.0. The van der Waals surface area contributed by atoms with E-state index in [4.69, 9.17) is 5.11 Å². The molecule has 1 aromatic carbocycles. The van der Waals surface area contributed by atoms with Crippen LogP contribution in [-0.4, -0.2) is 25.2 Å². The molecular weight excluding hydrogens is 240 g/mol. The summed E-state index contributed by atoms with van der Waals surface area (Å²) in [5, 5.41) is 8.83. The molecule has 0 radical (unpaired) electrons. The lowest BCUT2D eigenvalue weighted by atomic mass is 10.0. The summed E-state index contributed by atoms with van der Waals surface area (Å²) in [5.41, 5.74) is 0.605. The van der Waals surface area contributed by atoms with Crippen molar-refractivity contribution in [3.05, 3.63) is 29.8 Å². The molecule has 0 fully saturated rings. The van der Waals surface area contributed by atoms with Gasteiger partial charge >= 0.3 is 5.97 Å². The minimum absolute atomic E-state index is 0.112. The average Bonchev–Trinajstić information content (AvgIpc) is 2.28. The second-order valence-corrected chi connectivity index (χ2v) is 6.06. The van der Waals surface area contributed by atoms with Gasteiger partial charge in [0.05, 0.1) is 16.6 Å². The lowest BCUT2D eigenvalue weighted by Crippen LogP contribution is -2.09. The Labute approximate surface area is 101 Å². The summed E-state index contributed by atoms with van der Waals surface area (Å²) in [5.74, 6) is -1.44. The summed E-state index contributed by atoms with van der Waals surface area (Å²) in [7, 11) is -3.22. The van der Waals surface area contributed by atoms with E-state index in [1.54, 1.807) is 26.0 Å². The quantitative estimate of drug-likeness (QED) is 0.875. The van der Waals surface area contributed by atoms with Crippen LogP contribution < -0.4 is 0 Å². The van der Waals surface area contributed by atoms with Gasteiger partial charge in [-0.1, -0.05) is 19.1 Å². The van der Waals surface area contributed by atoms with Crippen LogP contribution in [0.15, 0.2) is 29.2 Å². The Bertz CT molecular complexity index is 488. The number of carboxylic acids is 1. The molecule has 0 saturated carbocycles. The van der Waals surface area contributed by atoms with Crippen molar-refractivity contribution in [3.8, 4) is 0 Å². The zero-order valence-corrected chi connectivity index (χ0v) is 10.7. The van der Waals surface area contributed by atoms with E-state index in [1.165, 1.54) is 12.1 Å². The third-order valence-corrected chi connectivity index (χ3v) is 4.52. The Morgan fingerprint density at radius 1 is 1.29 bits per heavy atom. The van der Waals surface area contributed by atoms with Crippen LogP contribution in [-0.2, 0) is 14.6 Å². The Hall–Kier alpha value is -1.36. The number of sulfone groups is 1. The molecule has 0 spiro atoms. The number of carboxylic acid groups (broad SMARTS) is 1. The number of carbonyl (C=O) groups is 1. The number of hydrogen-bond acceptors (Lipinski definition) is 3. The minimum Gasteiger partial charge on any atom is -0.481 e. The molecule has 0 aliphatic carbocycles. The van der Waals surface area contributed by atoms with Crippen LogP contribution in [0.3, 0.4) is 0 Å². The van der Waals surface area contributed by atoms with Gasteiger partial charge in [-0.3, -0.25) is 4.79 Å². The van der Waals surface area contributed by atoms with E-state index in [9.17, 15) is 13.2 Å². The maximum Gasteiger partial charge on any atom is 0.310 e. The maximum absolute atomic E-state index is 11.7. The van der Waals surface area contributed by atoms with Gasteiger partial charge in [0.15, 0.2) is 9.84 Å². The van der Waals surface area contributed by atoms with Crippen LogP contribution in [0.25, 0.3) is 0 Å². The van der Waals surface area contributed by atoms with E-state index in [-0.39, 0.29) is 10.6 Å². The first-order chi connectivity index (χ1) is 7.88. The van der Waals surface area contributed by atoms with Crippen molar-refractivity contribution in [2.75, 3.05) is 5.75 Å². The predicted octanol–water partition coefficient (Wildman–Crippen LogP) is 2.06. The lowest BCUT2D eigenvalue weighted by molar-refractivity contribution is -0.138. The Morgan fingerprint density at radius 3 is 2.24 bits per heavy atom. The topological polar surface area (TPSA) is 71.4 Å². The SMILES string of the molecule is CCCS(=O)(=O)c1ccc(C(C)C(=O)O)cc1. The molecule has 0 aromatic heterocycles. The van der Waals surface area contributed by atoms with Crippen LogP contribution in [0.4, 0.5) is 0 Å². The molecule has 94 valence electrons.